The number of ether oxygens (including phenoxy) is 2. The summed E-state index contributed by atoms with van der Waals surface area (Å²) in [5.41, 5.74) is 6.26. The van der Waals surface area contributed by atoms with Gasteiger partial charge in [0.05, 0.1) is 7.11 Å². The number of methoxy groups -OCH3 is 1. The van der Waals surface area contributed by atoms with Crippen molar-refractivity contribution >= 4 is 11.8 Å². The van der Waals surface area contributed by atoms with Crippen molar-refractivity contribution in [2.75, 3.05) is 12.4 Å². The molecule has 0 spiro atoms. The van der Waals surface area contributed by atoms with Gasteiger partial charge in [-0.3, -0.25) is 5.32 Å². The molecule has 0 aromatic heterocycles. The first-order chi connectivity index (χ1) is 8.17. The van der Waals surface area contributed by atoms with Crippen molar-refractivity contribution in [1.29, 1.82) is 0 Å². The minimum atomic E-state index is -0.449. The van der Waals surface area contributed by atoms with Gasteiger partial charge in [-0.05, 0) is 25.0 Å². The van der Waals surface area contributed by atoms with E-state index in [0.29, 0.717) is 11.4 Å². The van der Waals surface area contributed by atoms with Crippen molar-refractivity contribution in [1.82, 2.24) is 0 Å². The maximum atomic E-state index is 11.5. The van der Waals surface area contributed by atoms with E-state index < -0.39 is 6.09 Å². The number of hydrogen-bond acceptors (Lipinski definition) is 4. The molecule has 5 heteroatoms. The molecule has 1 aliphatic carbocycles. The minimum absolute atomic E-state index is 0.0457. The van der Waals surface area contributed by atoms with Crippen LogP contribution in [0.2, 0.25) is 0 Å². The number of anilines is 1. The van der Waals surface area contributed by atoms with Crippen LogP contribution in [0.1, 0.15) is 12.8 Å². The van der Waals surface area contributed by atoms with Gasteiger partial charge in [0.15, 0.2) is 0 Å². The highest BCUT2D eigenvalue weighted by atomic mass is 16.6. The van der Waals surface area contributed by atoms with Crippen LogP contribution in [0.15, 0.2) is 24.3 Å². The van der Waals surface area contributed by atoms with Crippen molar-refractivity contribution in [2.45, 2.75) is 25.0 Å². The van der Waals surface area contributed by atoms with Gasteiger partial charge >= 0.3 is 6.09 Å². The molecule has 0 saturated heterocycles. The summed E-state index contributed by atoms with van der Waals surface area (Å²) < 4.78 is 10.2. The van der Waals surface area contributed by atoms with Crippen LogP contribution >= 0.6 is 0 Å². The normalized spacial score (nSPS) is 22.5. The van der Waals surface area contributed by atoms with E-state index in [1.165, 1.54) is 0 Å². The number of carbonyl (C=O) groups is 1. The Hall–Kier alpha value is -1.75. The molecule has 0 heterocycles. The maximum absolute atomic E-state index is 11.5. The molecule has 0 radical (unpaired) electrons. The summed E-state index contributed by atoms with van der Waals surface area (Å²) in [5, 5.41) is 2.65. The second-order valence-electron chi connectivity index (χ2n) is 4.12. The summed E-state index contributed by atoms with van der Waals surface area (Å²) in [6.45, 7) is 0. The molecule has 92 valence electrons. The third-order valence-corrected chi connectivity index (χ3v) is 2.72. The lowest BCUT2D eigenvalue weighted by Gasteiger charge is -2.31. The van der Waals surface area contributed by atoms with Crippen LogP contribution in [0.5, 0.6) is 5.75 Å². The Morgan fingerprint density at radius 3 is 2.88 bits per heavy atom. The van der Waals surface area contributed by atoms with Crippen molar-refractivity contribution in [3.05, 3.63) is 24.3 Å². The predicted octanol–water partition coefficient (Wildman–Crippen LogP) is 1.73. The largest absolute Gasteiger partial charge is 0.497 e. The number of hydrogen-bond donors (Lipinski definition) is 2. The van der Waals surface area contributed by atoms with E-state index in [1.54, 1.807) is 25.3 Å². The topological polar surface area (TPSA) is 73.6 Å². The number of nitrogens with one attached hydrogen (secondary N) is 1. The molecule has 5 nitrogen and oxygen atoms in total. The molecule has 0 atom stereocenters. The summed E-state index contributed by atoms with van der Waals surface area (Å²) in [6.07, 6.45) is 0.989. The molecular weight excluding hydrogens is 220 g/mol. The van der Waals surface area contributed by atoms with E-state index in [9.17, 15) is 4.79 Å². The van der Waals surface area contributed by atoms with Gasteiger partial charge < -0.3 is 15.2 Å². The van der Waals surface area contributed by atoms with Gasteiger partial charge in [0.25, 0.3) is 0 Å². The Morgan fingerprint density at radius 1 is 1.47 bits per heavy atom. The fraction of sp³-hybridized carbons (Fsp3) is 0.417. The molecule has 0 aliphatic heterocycles. The molecule has 1 aromatic rings. The van der Waals surface area contributed by atoms with Crippen molar-refractivity contribution in [3.8, 4) is 5.75 Å². The van der Waals surface area contributed by atoms with E-state index in [-0.39, 0.29) is 12.1 Å². The quantitative estimate of drug-likeness (QED) is 0.838. The van der Waals surface area contributed by atoms with Crippen LogP contribution in [-0.4, -0.2) is 25.3 Å². The Morgan fingerprint density at radius 2 is 2.24 bits per heavy atom. The Labute approximate surface area is 99.9 Å². The molecule has 17 heavy (non-hydrogen) atoms. The first-order valence-electron chi connectivity index (χ1n) is 5.54. The highest BCUT2D eigenvalue weighted by molar-refractivity contribution is 5.85. The predicted molar refractivity (Wildman–Crippen MR) is 64.1 cm³/mol. The first kappa shape index (κ1) is 11.7. The SMILES string of the molecule is COc1cccc(NC(=O)OC2CC(N)C2)c1. The van der Waals surface area contributed by atoms with Gasteiger partial charge in [0.2, 0.25) is 0 Å². The molecule has 1 amide bonds. The molecule has 0 bridgehead atoms. The number of benzene rings is 1. The third kappa shape index (κ3) is 3.10. The van der Waals surface area contributed by atoms with Crippen LogP contribution in [0.3, 0.4) is 0 Å². The second-order valence-corrected chi connectivity index (χ2v) is 4.12. The van der Waals surface area contributed by atoms with Crippen molar-refractivity contribution in [2.24, 2.45) is 5.73 Å². The first-order valence-corrected chi connectivity index (χ1v) is 5.54. The van der Waals surface area contributed by atoms with Gasteiger partial charge in [0.1, 0.15) is 11.9 Å². The zero-order chi connectivity index (χ0) is 12.3. The van der Waals surface area contributed by atoms with E-state index in [1.807, 2.05) is 6.07 Å². The zero-order valence-corrected chi connectivity index (χ0v) is 9.68. The molecule has 0 unspecified atom stereocenters. The summed E-state index contributed by atoms with van der Waals surface area (Å²) >= 11 is 0. The number of rotatable bonds is 3. The maximum Gasteiger partial charge on any atom is 0.411 e. The lowest BCUT2D eigenvalue weighted by atomic mass is 9.90. The lowest BCUT2D eigenvalue weighted by molar-refractivity contribution is 0.0503. The molecule has 1 aromatic carbocycles. The van der Waals surface area contributed by atoms with E-state index in [2.05, 4.69) is 5.32 Å². The van der Waals surface area contributed by atoms with Crippen LogP contribution in [0.25, 0.3) is 0 Å². The summed E-state index contributed by atoms with van der Waals surface area (Å²) in [4.78, 5) is 11.5. The van der Waals surface area contributed by atoms with Crippen LogP contribution in [-0.2, 0) is 4.74 Å². The van der Waals surface area contributed by atoms with Gasteiger partial charge in [0, 0.05) is 17.8 Å². The van der Waals surface area contributed by atoms with Crippen molar-refractivity contribution < 1.29 is 14.3 Å². The van der Waals surface area contributed by atoms with Crippen LogP contribution < -0.4 is 15.8 Å². The number of amides is 1. The van der Waals surface area contributed by atoms with E-state index >= 15 is 0 Å². The average Bonchev–Trinajstić information content (AvgIpc) is 2.27. The molecule has 1 aliphatic rings. The van der Waals surface area contributed by atoms with Crippen molar-refractivity contribution in [3.63, 3.8) is 0 Å². The number of carbonyl (C=O) groups excluding carboxylic acids is 1. The summed E-state index contributed by atoms with van der Waals surface area (Å²) in [6, 6.07) is 7.28. The fourth-order valence-corrected chi connectivity index (χ4v) is 1.70. The van der Waals surface area contributed by atoms with E-state index in [4.69, 9.17) is 15.2 Å². The molecule has 1 saturated carbocycles. The van der Waals surface area contributed by atoms with Gasteiger partial charge in [-0.15, -0.1) is 0 Å². The van der Waals surface area contributed by atoms with E-state index in [0.717, 1.165) is 12.8 Å². The highest BCUT2D eigenvalue weighted by Gasteiger charge is 2.29. The minimum Gasteiger partial charge on any atom is -0.497 e. The molecular formula is C12H16N2O3. The van der Waals surface area contributed by atoms with Crippen LogP contribution in [0, 0.1) is 0 Å². The highest BCUT2D eigenvalue weighted by Crippen LogP contribution is 2.22. The molecule has 3 N–H and O–H groups in total. The molecule has 1 fully saturated rings. The average molecular weight is 236 g/mol. The Balaban J connectivity index is 1.85. The van der Waals surface area contributed by atoms with Crippen LogP contribution in [0.4, 0.5) is 10.5 Å². The smallest absolute Gasteiger partial charge is 0.411 e. The Kier molecular flexibility index (Phi) is 3.49. The zero-order valence-electron chi connectivity index (χ0n) is 9.68. The number of nitrogens with two attached hydrogens (primary N) is 1. The Bertz CT molecular complexity index is 402. The summed E-state index contributed by atoms with van der Waals surface area (Å²) in [5.74, 6) is 0.688. The fourth-order valence-electron chi connectivity index (χ4n) is 1.70. The van der Waals surface area contributed by atoms with Gasteiger partial charge in [-0.25, -0.2) is 4.79 Å². The molecule has 2 rings (SSSR count). The second kappa shape index (κ2) is 5.05. The monoisotopic (exact) mass is 236 g/mol. The standard InChI is InChI=1S/C12H16N2O3/c1-16-10-4-2-3-9(7-10)14-12(15)17-11-5-8(13)6-11/h2-4,7-8,11H,5-6,13H2,1H3,(H,14,15). The van der Waals surface area contributed by atoms with Gasteiger partial charge in [-0.1, -0.05) is 6.07 Å². The van der Waals surface area contributed by atoms with Gasteiger partial charge in [-0.2, -0.15) is 0 Å². The lowest BCUT2D eigenvalue weighted by Crippen LogP contribution is -2.43. The summed E-state index contributed by atoms with van der Waals surface area (Å²) in [7, 11) is 1.58. The third-order valence-electron chi connectivity index (χ3n) is 2.72.